The number of benzene rings is 1. The lowest BCUT2D eigenvalue weighted by Crippen LogP contribution is -2.20. The Labute approximate surface area is 138 Å². The van der Waals surface area contributed by atoms with Crippen molar-refractivity contribution in [1.29, 1.82) is 0 Å². The molecule has 1 aromatic heterocycles. The van der Waals surface area contributed by atoms with E-state index < -0.39 is 0 Å². The molecule has 114 valence electrons. The van der Waals surface area contributed by atoms with Crippen LogP contribution in [0.2, 0.25) is 10.0 Å². The molecule has 3 rings (SSSR count). The van der Waals surface area contributed by atoms with Gasteiger partial charge in [-0.25, -0.2) is 0 Å². The van der Waals surface area contributed by atoms with Crippen LogP contribution in [0.5, 0.6) is 0 Å². The summed E-state index contributed by atoms with van der Waals surface area (Å²) in [5.74, 6) is 0.787. The fourth-order valence-electron chi connectivity index (χ4n) is 2.31. The van der Waals surface area contributed by atoms with Crippen LogP contribution in [0.25, 0.3) is 0 Å². The van der Waals surface area contributed by atoms with Gasteiger partial charge in [-0.2, -0.15) is 0 Å². The van der Waals surface area contributed by atoms with Crippen LogP contribution >= 0.6 is 23.2 Å². The zero-order valence-electron chi connectivity index (χ0n) is 11.8. The van der Waals surface area contributed by atoms with Gasteiger partial charge in [0.1, 0.15) is 5.82 Å². The van der Waals surface area contributed by atoms with Crippen LogP contribution in [0, 0.1) is 0 Å². The van der Waals surface area contributed by atoms with Gasteiger partial charge in [-0.1, -0.05) is 29.3 Å². The van der Waals surface area contributed by atoms with Gasteiger partial charge in [-0.3, -0.25) is 4.79 Å². The Balaban J connectivity index is 1.63. The smallest absolute Gasteiger partial charge is 0.271 e. The number of carbonyl (C=O) groups is 1. The van der Waals surface area contributed by atoms with Crippen LogP contribution in [0.3, 0.4) is 0 Å². The van der Waals surface area contributed by atoms with Crippen molar-refractivity contribution in [2.75, 3.05) is 12.4 Å². The first-order chi connectivity index (χ1) is 10.6. The van der Waals surface area contributed by atoms with Gasteiger partial charge in [0.2, 0.25) is 0 Å². The van der Waals surface area contributed by atoms with Crippen LogP contribution in [-0.2, 0) is 0 Å². The number of halogens is 2. The van der Waals surface area contributed by atoms with E-state index in [2.05, 4.69) is 20.8 Å². The Morgan fingerprint density at radius 2 is 2.00 bits per heavy atom. The summed E-state index contributed by atoms with van der Waals surface area (Å²) in [6, 6.07) is 9.38. The van der Waals surface area contributed by atoms with Crippen LogP contribution in [0.4, 0.5) is 5.82 Å². The van der Waals surface area contributed by atoms with Gasteiger partial charge in [0.15, 0.2) is 5.69 Å². The van der Waals surface area contributed by atoms with Crippen molar-refractivity contribution in [1.82, 2.24) is 15.5 Å². The molecule has 7 heteroatoms. The lowest BCUT2D eigenvalue weighted by atomic mass is 10.1. The summed E-state index contributed by atoms with van der Waals surface area (Å²) in [5, 5.41) is 14.8. The minimum Gasteiger partial charge on any atom is -0.365 e. The van der Waals surface area contributed by atoms with E-state index in [1.54, 1.807) is 19.2 Å². The second kappa shape index (κ2) is 6.10. The second-order valence-electron chi connectivity index (χ2n) is 5.15. The zero-order valence-corrected chi connectivity index (χ0v) is 13.3. The van der Waals surface area contributed by atoms with Gasteiger partial charge >= 0.3 is 0 Å². The zero-order chi connectivity index (χ0) is 15.7. The number of amides is 1. The molecule has 0 aliphatic heterocycles. The lowest BCUT2D eigenvalue weighted by molar-refractivity contribution is 0.0957. The summed E-state index contributed by atoms with van der Waals surface area (Å²) < 4.78 is 0. The third-order valence-corrected chi connectivity index (χ3v) is 4.36. The molecular weight excluding hydrogens is 323 g/mol. The van der Waals surface area contributed by atoms with Crippen molar-refractivity contribution < 1.29 is 4.79 Å². The van der Waals surface area contributed by atoms with Crippen LogP contribution in [-0.4, -0.2) is 29.2 Å². The van der Waals surface area contributed by atoms with Gasteiger partial charge in [0.05, 0.1) is 10.0 Å². The molecule has 0 saturated heterocycles. The third-order valence-electron chi connectivity index (χ3n) is 3.62. The molecule has 22 heavy (non-hydrogen) atoms. The first kappa shape index (κ1) is 15.1. The van der Waals surface area contributed by atoms with Crippen LogP contribution in [0.15, 0.2) is 30.3 Å². The molecule has 0 radical (unpaired) electrons. The Bertz CT molecular complexity index is 705. The topological polar surface area (TPSA) is 66.9 Å². The third kappa shape index (κ3) is 3.15. The summed E-state index contributed by atoms with van der Waals surface area (Å²) in [7, 11) is 1.56. The molecule has 1 aromatic carbocycles. The maximum absolute atomic E-state index is 11.4. The van der Waals surface area contributed by atoms with Crippen molar-refractivity contribution in [2.24, 2.45) is 0 Å². The van der Waals surface area contributed by atoms with Crippen molar-refractivity contribution in [2.45, 2.75) is 18.4 Å². The monoisotopic (exact) mass is 336 g/mol. The molecule has 1 fully saturated rings. The Hall–Kier alpha value is -1.85. The summed E-state index contributed by atoms with van der Waals surface area (Å²) in [6.07, 6.45) is 0.997. The summed E-state index contributed by atoms with van der Waals surface area (Å²) >= 11 is 12.0. The minimum atomic E-state index is -0.251. The molecule has 1 aliphatic rings. The fourth-order valence-corrected chi connectivity index (χ4v) is 2.62. The molecule has 0 bridgehead atoms. The highest BCUT2D eigenvalue weighted by atomic mass is 35.5. The van der Waals surface area contributed by atoms with Crippen molar-refractivity contribution in [3.8, 4) is 0 Å². The number of anilines is 1. The van der Waals surface area contributed by atoms with Crippen LogP contribution in [0.1, 0.15) is 28.4 Å². The first-order valence-electron chi connectivity index (χ1n) is 6.86. The molecule has 1 aliphatic carbocycles. The number of nitrogens with zero attached hydrogens (tertiary/aromatic N) is 2. The van der Waals surface area contributed by atoms with E-state index >= 15 is 0 Å². The molecule has 2 aromatic rings. The normalized spacial score (nSPS) is 19.6. The van der Waals surface area contributed by atoms with E-state index in [1.807, 2.05) is 18.2 Å². The van der Waals surface area contributed by atoms with Crippen molar-refractivity contribution >= 4 is 34.9 Å². The van der Waals surface area contributed by atoms with Crippen molar-refractivity contribution in [3.63, 3.8) is 0 Å². The number of hydrogen-bond donors (Lipinski definition) is 2. The molecule has 0 spiro atoms. The van der Waals surface area contributed by atoms with Gasteiger partial charge in [0, 0.05) is 19.0 Å². The summed E-state index contributed by atoms with van der Waals surface area (Å²) in [5.41, 5.74) is 1.45. The number of nitrogens with one attached hydrogen (secondary N) is 2. The molecular formula is C15H14Cl2N4O. The minimum absolute atomic E-state index is 0.251. The van der Waals surface area contributed by atoms with E-state index in [0.717, 1.165) is 12.0 Å². The molecule has 2 atom stereocenters. The summed E-state index contributed by atoms with van der Waals surface area (Å²) in [6.45, 7) is 0. The predicted molar refractivity (Wildman–Crippen MR) is 86.7 cm³/mol. The lowest BCUT2D eigenvalue weighted by Gasteiger charge is -2.06. The molecule has 2 N–H and O–H groups in total. The standard InChI is InChI=1S/C15H14Cl2N4O/c1-18-15(22)12-4-5-14(21-20-12)19-13-7-9(13)8-2-3-10(16)11(17)6-8/h2-6,9,13H,7H2,1H3,(H,18,22)(H,19,21). The average Bonchev–Trinajstić information content (AvgIpc) is 3.29. The Kier molecular flexibility index (Phi) is 4.18. The van der Waals surface area contributed by atoms with E-state index in [9.17, 15) is 4.79 Å². The van der Waals surface area contributed by atoms with E-state index in [-0.39, 0.29) is 11.9 Å². The molecule has 1 saturated carbocycles. The molecule has 5 nitrogen and oxygen atoms in total. The largest absolute Gasteiger partial charge is 0.365 e. The number of aromatic nitrogens is 2. The molecule has 1 heterocycles. The molecule has 1 amide bonds. The number of hydrogen-bond acceptors (Lipinski definition) is 4. The SMILES string of the molecule is CNC(=O)c1ccc(NC2CC2c2ccc(Cl)c(Cl)c2)nn1. The first-order valence-corrected chi connectivity index (χ1v) is 7.61. The van der Waals surface area contributed by atoms with Gasteiger partial charge in [-0.15, -0.1) is 10.2 Å². The highest BCUT2D eigenvalue weighted by Gasteiger charge is 2.38. The molecule has 2 unspecified atom stereocenters. The van der Waals surface area contributed by atoms with Gasteiger partial charge < -0.3 is 10.6 Å². The maximum Gasteiger partial charge on any atom is 0.271 e. The summed E-state index contributed by atoms with van der Waals surface area (Å²) in [4.78, 5) is 11.4. The fraction of sp³-hybridized carbons (Fsp3) is 0.267. The highest BCUT2D eigenvalue weighted by Crippen LogP contribution is 2.43. The van der Waals surface area contributed by atoms with Crippen molar-refractivity contribution in [3.05, 3.63) is 51.6 Å². The predicted octanol–water partition coefficient (Wildman–Crippen LogP) is 3.11. The number of carbonyl (C=O) groups excluding carboxylic acids is 1. The Morgan fingerprint density at radius 1 is 1.18 bits per heavy atom. The average molecular weight is 337 g/mol. The van der Waals surface area contributed by atoms with Gasteiger partial charge in [-0.05, 0) is 36.2 Å². The second-order valence-corrected chi connectivity index (χ2v) is 5.96. The Morgan fingerprint density at radius 3 is 2.64 bits per heavy atom. The quantitative estimate of drug-likeness (QED) is 0.900. The maximum atomic E-state index is 11.4. The highest BCUT2D eigenvalue weighted by molar-refractivity contribution is 6.42. The van der Waals surface area contributed by atoms with Crippen LogP contribution < -0.4 is 10.6 Å². The van der Waals surface area contributed by atoms with E-state index in [4.69, 9.17) is 23.2 Å². The van der Waals surface area contributed by atoms with Gasteiger partial charge in [0.25, 0.3) is 5.91 Å². The number of rotatable bonds is 4. The van der Waals surface area contributed by atoms with E-state index in [1.165, 1.54) is 0 Å². The van der Waals surface area contributed by atoms with E-state index in [0.29, 0.717) is 27.5 Å².